The van der Waals surface area contributed by atoms with Gasteiger partial charge in [-0.25, -0.2) is 0 Å². The molecule has 0 atom stereocenters. The maximum absolute atomic E-state index is 4.93. The summed E-state index contributed by atoms with van der Waals surface area (Å²) in [7, 11) is 11.0. The van der Waals surface area contributed by atoms with Gasteiger partial charge in [0.1, 0.15) is 0 Å². The van der Waals surface area contributed by atoms with Crippen LogP contribution in [0.1, 0.15) is 196 Å². The molecule has 66 heavy (non-hydrogen) atoms. The van der Waals surface area contributed by atoms with E-state index in [0.717, 1.165) is 22.4 Å². The molecule has 0 aliphatic carbocycles. The molecular formula is C62H88Cl2SiZr. The third-order valence-corrected chi connectivity index (χ3v) is 12.5. The van der Waals surface area contributed by atoms with Crippen LogP contribution in [-0.4, -0.2) is 9.52 Å². The van der Waals surface area contributed by atoms with E-state index in [4.69, 9.17) is 17.0 Å². The predicted octanol–water partition coefficient (Wildman–Crippen LogP) is 20.3. The van der Waals surface area contributed by atoms with E-state index in [9.17, 15) is 0 Å². The number of aryl methyl sites for hydroxylation is 2. The van der Waals surface area contributed by atoms with E-state index in [1.54, 1.807) is 0 Å². The Balaban J connectivity index is 0.000000313. The van der Waals surface area contributed by atoms with Crippen molar-refractivity contribution in [2.75, 3.05) is 0 Å². The van der Waals surface area contributed by atoms with Gasteiger partial charge < -0.3 is 0 Å². The van der Waals surface area contributed by atoms with E-state index in [-0.39, 0.29) is 32.5 Å². The summed E-state index contributed by atoms with van der Waals surface area (Å²) >= 11 is -0.826. The summed E-state index contributed by atoms with van der Waals surface area (Å²) < 4.78 is 0. The summed E-state index contributed by atoms with van der Waals surface area (Å²) in [5.41, 5.74) is 17.7. The van der Waals surface area contributed by atoms with Gasteiger partial charge in [0, 0.05) is 9.52 Å². The third kappa shape index (κ3) is 15.4. The Labute approximate surface area is 427 Å². The van der Waals surface area contributed by atoms with Crippen molar-refractivity contribution in [3.63, 3.8) is 0 Å². The SMILES string of the molecule is CCCc1cc2c(-c3cc(C(C)(C)C)cc(C(C)(C)C)c3)c(C(C)(C)C)ccc2[cH-]1.CCCc1cc2c(-c3cc(C(C)(C)C)cc(C(C)(C)C)c3)c(C(C)(C)C)ccc2[cH-]1.C[Si]C.[Cl][Zr+2][Cl]. The van der Waals surface area contributed by atoms with Gasteiger partial charge in [-0.2, -0.15) is 12.1 Å². The van der Waals surface area contributed by atoms with E-state index in [2.05, 4.69) is 236 Å². The van der Waals surface area contributed by atoms with Crippen LogP contribution >= 0.6 is 17.0 Å². The number of hydrogen-bond donors (Lipinski definition) is 0. The molecule has 0 aliphatic heterocycles. The van der Waals surface area contributed by atoms with Crippen molar-refractivity contribution >= 4 is 48.1 Å². The van der Waals surface area contributed by atoms with E-state index in [1.165, 1.54) is 101 Å². The predicted molar refractivity (Wildman–Crippen MR) is 299 cm³/mol. The number of hydrogen-bond acceptors (Lipinski definition) is 0. The first-order valence-corrected chi connectivity index (χ1v) is 32.9. The summed E-state index contributed by atoms with van der Waals surface area (Å²) in [4.78, 5) is 0. The monoisotopic (exact) mass is 1020 g/mol. The Morgan fingerprint density at radius 1 is 0.424 bits per heavy atom. The standard InChI is InChI=1S/2C30H41.C2H6Si.2ClH.Zr/c2*1-11-12-20-15-21-13-14-26(30(8,9)10)27(25(21)16-20)22-17-23(28(2,3)4)19-24(18-22)29(5,6)7;1-3-2;;;/h2*13-19H,11-12H2,1-10H3;1-2H3;2*1H;/q2*-1;;;;+4/p-2. The van der Waals surface area contributed by atoms with Crippen LogP contribution in [0.2, 0.25) is 13.1 Å². The van der Waals surface area contributed by atoms with Gasteiger partial charge in [-0.15, -0.1) is 69.1 Å². The molecule has 0 saturated heterocycles. The van der Waals surface area contributed by atoms with Crippen LogP contribution in [0.15, 0.2) is 84.9 Å². The van der Waals surface area contributed by atoms with Gasteiger partial charge in [0.15, 0.2) is 0 Å². The van der Waals surface area contributed by atoms with E-state index >= 15 is 0 Å². The molecule has 0 heterocycles. The molecule has 2 radical (unpaired) electrons. The number of rotatable bonds is 6. The summed E-state index contributed by atoms with van der Waals surface area (Å²) in [6, 6.07) is 33.7. The van der Waals surface area contributed by atoms with Crippen LogP contribution in [0, 0.1) is 0 Å². The van der Waals surface area contributed by atoms with Crippen LogP contribution in [0.25, 0.3) is 43.8 Å². The van der Waals surface area contributed by atoms with Crippen LogP contribution in [0.3, 0.4) is 0 Å². The minimum atomic E-state index is -0.826. The molecule has 0 spiro atoms. The first-order valence-electron chi connectivity index (χ1n) is 24.6. The normalized spacial score (nSPS) is 12.5. The van der Waals surface area contributed by atoms with Crippen LogP contribution in [0.5, 0.6) is 0 Å². The van der Waals surface area contributed by atoms with Gasteiger partial charge in [-0.1, -0.05) is 223 Å². The molecule has 0 nitrogen and oxygen atoms in total. The molecule has 0 bridgehead atoms. The molecular weight excluding hydrogens is 935 g/mol. The van der Waals surface area contributed by atoms with Crippen molar-refractivity contribution in [3.05, 3.63) is 129 Å². The first kappa shape index (κ1) is 58.1. The van der Waals surface area contributed by atoms with Crippen LogP contribution < -0.4 is 0 Å². The van der Waals surface area contributed by atoms with E-state index < -0.39 is 20.8 Å². The van der Waals surface area contributed by atoms with Crippen molar-refractivity contribution in [1.82, 2.24) is 0 Å². The van der Waals surface area contributed by atoms with Crippen LogP contribution in [-0.2, 0) is 66.2 Å². The van der Waals surface area contributed by atoms with Gasteiger partial charge in [0.25, 0.3) is 0 Å². The second-order valence-electron chi connectivity index (χ2n) is 24.9. The molecule has 6 aromatic rings. The van der Waals surface area contributed by atoms with E-state index in [0.29, 0.717) is 0 Å². The Morgan fingerprint density at radius 3 is 0.894 bits per heavy atom. The Bertz CT molecular complexity index is 2240. The number of fused-ring (bicyclic) bond motifs is 2. The minimum absolute atomic E-state index is 0.0886. The third-order valence-electron chi connectivity index (χ3n) is 12.5. The molecule has 0 aliphatic rings. The van der Waals surface area contributed by atoms with Gasteiger partial charge in [-0.05, 0) is 78.7 Å². The summed E-state index contributed by atoms with van der Waals surface area (Å²) in [5.74, 6) is 0. The average Bonchev–Trinajstić information content (AvgIpc) is 3.79. The molecule has 6 aromatic carbocycles. The molecule has 0 N–H and O–H groups in total. The number of benzene rings is 4. The molecule has 0 amide bonds. The van der Waals surface area contributed by atoms with Gasteiger partial charge in [-0.3, -0.25) is 0 Å². The zero-order chi connectivity index (χ0) is 50.4. The Hall–Kier alpha value is -2.22. The van der Waals surface area contributed by atoms with Crippen molar-refractivity contribution in [2.45, 2.75) is 210 Å². The zero-order valence-electron chi connectivity index (χ0n) is 45.7. The molecule has 0 fully saturated rings. The Kier molecular flexibility index (Phi) is 20.4. The molecule has 358 valence electrons. The second-order valence-corrected chi connectivity index (χ2v) is 29.6. The fourth-order valence-electron chi connectivity index (χ4n) is 8.70. The van der Waals surface area contributed by atoms with Gasteiger partial charge >= 0.3 is 37.9 Å². The summed E-state index contributed by atoms with van der Waals surface area (Å²) in [6.45, 7) is 50.8. The molecule has 6 rings (SSSR count). The van der Waals surface area contributed by atoms with Gasteiger partial charge in [0.2, 0.25) is 0 Å². The molecule has 4 heteroatoms. The maximum atomic E-state index is 4.93. The van der Waals surface area contributed by atoms with Crippen molar-refractivity contribution in [2.24, 2.45) is 0 Å². The Morgan fingerprint density at radius 2 is 0.682 bits per heavy atom. The van der Waals surface area contributed by atoms with Crippen molar-refractivity contribution in [1.29, 1.82) is 0 Å². The molecule has 0 unspecified atom stereocenters. The molecule has 0 saturated carbocycles. The van der Waals surface area contributed by atoms with Crippen molar-refractivity contribution < 1.29 is 20.8 Å². The van der Waals surface area contributed by atoms with Gasteiger partial charge in [0.05, 0.1) is 0 Å². The number of halogens is 2. The quantitative estimate of drug-likeness (QED) is 0.115. The zero-order valence-corrected chi connectivity index (χ0v) is 50.6. The topological polar surface area (TPSA) is 0 Å². The average molecular weight is 1020 g/mol. The fraction of sp³-hybridized carbons (Fsp3) is 0.516. The first-order chi connectivity index (χ1) is 30.3. The molecule has 0 aromatic heterocycles. The summed E-state index contributed by atoms with van der Waals surface area (Å²) in [5, 5.41) is 5.58. The van der Waals surface area contributed by atoms with Crippen LogP contribution in [0.4, 0.5) is 0 Å². The summed E-state index contributed by atoms with van der Waals surface area (Å²) in [6.07, 6.45) is 4.67. The second kappa shape index (κ2) is 23.1. The fourth-order valence-corrected chi connectivity index (χ4v) is 8.70. The van der Waals surface area contributed by atoms with Crippen molar-refractivity contribution in [3.8, 4) is 22.3 Å². The van der Waals surface area contributed by atoms with E-state index in [1.807, 2.05) is 0 Å².